The van der Waals surface area contributed by atoms with Gasteiger partial charge in [-0.3, -0.25) is 4.98 Å². The van der Waals surface area contributed by atoms with Gasteiger partial charge in [0.2, 0.25) is 0 Å². The lowest BCUT2D eigenvalue weighted by molar-refractivity contribution is 0.0527. The second-order valence-corrected chi connectivity index (χ2v) is 4.32. The van der Waals surface area contributed by atoms with Crippen LogP contribution < -0.4 is 5.32 Å². The molecule has 0 aliphatic carbocycles. The Bertz CT molecular complexity index is 608. The molecule has 19 heavy (non-hydrogen) atoms. The summed E-state index contributed by atoms with van der Waals surface area (Å²) in [7, 11) is 0. The molecule has 1 aromatic heterocycles. The fourth-order valence-corrected chi connectivity index (χ4v) is 2.04. The van der Waals surface area contributed by atoms with E-state index >= 15 is 0 Å². The number of hydrogen-bond acceptors (Lipinski definition) is 4. The summed E-state index contributed by atoms with van der Waals surface area (Å²) in [6.07, 6.45) is 1.58. The van der Waals surface area contributed by atoms with E-state index < -0.39 is 0 Å². The largest absolute Gasteiger partial charge is 0.462 e. The number of anilines is 1. The van der Waals surface area contributed by atoms with Crippen LogP contribution in [0.5, 0.6) is 0 Å². The van der Waals surface area contributed by atoms with Crippen LogP contribution in [0, 0.1) is 6.92 Å². The van der Waals surface area contributed by atoms with Gasteiger partial charge in [-0.05, 0) is 32.9 Å². The van der Waals surface area contributed by atoms with Crippen LogP contribution in [0.25, 0.3) is 10.9 Å². The van der Waals surface area contributed by atoms with Crippen molar-refractivity contribution >= 4 is 22.6 Å². The number of aryl methyl sites for hydroxylation is 1. The summed E-state index contributed by atoms with van der Waals surface area (Å²) in [5, 5.41) is 4.20. The normalized spacial score (nSPS) is 10.5. The lowest BCUT2D eigenvalue weighted by Gasteiger charge is -2.13. The Kier molecular flexibility index (Phi) is 4.00. The first-order valence-electron chi connectivity index (χ1n) is 6.47. The van der Waals surface area contributed by atoms with Gasteiger partial charge in [0.05, 0.1) is 17.8 Å². The highest BCUT2D eigenvalue weighted by atomic mass is 16.5. The molecule has 0 saturated carbocycles. The van der Waals surface area contributed by atoms with Crippen molar-refractivity contribution in [2.45, 2.75) is 20.8 Å². The number of aromatic nitrogens is 1. The van der Waals surface area contributed by atoms with Crippen LogP contribution in [-0.2, 0) is 4.74 Å². The molecule has 1 heterocycles. The number of carbonyl (C=O) groups excluding carboxylic acids is 1. The standard InChI is InChI=1S/C15H18N2O2/c1-4-16-14-11-8-10(3)6-7-13(11)17-9-12(14)15(18)19-5-2/h6-9H,4-5H2,1-3H3,(H,16,17). The van der Waals surface area contributed by atoms with E-state index in [1.54, 1.807) is 13.1 Å². The average molecular weight is 258 g/mol. The molecule has 0 fully saturated rings. The molecule has 0 atom stereocenters. The number of benzene rings is 1. The molecule has 0 spiro atoms. The maximum Gasteiger partial charge on any atom is 0.341 e. The number of nitrogens with zero attached hydrogens (tertiary/aromatic N) is 1. The molecule has 0 aliphatic heterocycles. The molecule has 1 N–H and O–H groups in total. The summed E-state index contributed by atoms with van der Waals surface area (Å²) >= 11 is 0. The average Bonchev–Trinajstić information content (AvgIpc) is 2.40. The Balaban J connectivity index is 2.63. The van der Waals surface area contributed by atoms with Crippen molar-refractivity contribution in [3.8, 4) is 0 Å². The fourth-order valence-electron chi connectivity index (χ4n) is 2.04. The van der Waals surface area contributed by atoms with Gasteiger partial charge < -0.3 is 10.1 Å². The van der Waals surface area contributed by atoms with E-state index in [2.05, 4.69) is 10.3 Å². The fraction of sp³-hybridized carbons (Fsp3) is 0.333. The van der Waals surface area contributed by atoms with Crippen LogP contribution in [0.3, 0.4) is 0 Å². The molecule has 0 amide bonds. The third kappa shape index (κ3) is 2.67. The van der Waals surface area contributed by atoms with Crippen molar-refractivity contribution < 1.29 is 9.53 Å². The van der Waals surface area contributed by atoms with Crippen molar-refractivity contribution in [1.82, 2.24) is 4.98 Å². The molecule has 4 nitrogen and oxygen atoms in total. The van der Waals surface area contributed by atoms with Gasteiger partial charge in [-0.2, -0.15) is 0 Å². The van der Waals surface area contributed by atoms with Gasteiger partial charge in [-0.15, -0.1) is 0 Å². The lowest BCUT2D eigenvalue weighted by atomic mass is 10.1. The highest BCUT2D eigenvalue weighted by Gasteiger charge is 2.16. The van der Waals surface area contributed by atoms with E-state index in [0.29, 0.717) is 12.2 Å². The molecule has 0 bridgehead atoms. The van der Waals surface area contributed by atoms with Crippen molar-refractivity contribution in [3.63, 3.8) is 0 Å². The first-order valence-corrected chi connectivity index (χ1v) is 6.47. The first-order chi connectivity index (χ1) is 9.17. The van der Waals surface area contributed by atoms with Crippen LogP contribution in [-0.4, -0.2) is 24.1 Å². The summed E-state index contributed by atoms with van der Waals surface area (Å²) in [4.78, 5) is 16.3. The maximum atomic E-state index is 12.0. The monoisotopic (exact) mass is 258 g/mol. The number of rotatable bonds is 4. The number of nitrogens with one attached hydrogen (secondary N) is 1. The number of ether oxygens (including phenoxy) is 1. The topological polar surface area (TPSA) is 51.2 Å². The molecule has 1 aromatic carbocycles. The van der Waals surface area contributed by atoms with E-state index in [-0.39, 0.29) is 5.97 Å². The Morgan fingerprint density at radius 3 is 2.84 bits per heavy atom. The van der Waals surface area contributed by atoms with E-state index in [0.717, 1.165) is 28.7 Å². The Hall–Kier alpha value is -2.10. The van der Waals surface area contributed by atoms with Crippen LogP contribution in [0.2, 0.25) is 0 Å². The summed E-state index contributed by atoms with van der Waals surface area (Å²) in [6, 6.07) is 6.00. The van der Waals surface area contributed by atoms with Gasteiger partial charge in [-0.25, -0.2) is 4.79 Å². The molecule has 0 radical (unpaired) electrons. The molecule has 2 rings (SSSR count). The highest BCUT2D eigenvalue weighted by molar-refractivity contribution is 6.05. The zero-order chi connectivity index (χ0) is 13.8. The first kappa shape index (κ1) is 13.3. The predicted octanol–water partition coefficient (Wildman–Crippen LogP) is 3.15. The van der Waals surface area contributed by atoms with E-state index in [4.69, 9.17) is 4.74 Å². The smallest absolute Gasteiger partial charge is 0.341 e. The third-order valence-corrected chi connectivity index (χ3v) is 2.87. The summed E-state index contributed by atoms with van der Waals surface area (Å²) in [5.74, 6) is -0.339. The van der Waals surface area contributed by atoms with Gasteiger partial charge in [0.25, 0.3) is 0 Å². The number of pyridine rings is 1. The summed E-state index contributed by atoms with van der Waals surface area (Å²) in [6.45, 7) is 6.91. The number of hydrogen-bond donors (Lipinski definition) is 1. The van der Waals surface area contributed by atoms with Crippen molar-refractivity contribution in [2.24, 2.45) is 0 Å². The maximum absolute atomic E-state index is 12.0. The van der Waals surface area contributed by atoms with Crippen LogP contribution >= 0.6 is 0 Å². The molecule has 0 aliphatic rings. The van der Waals surface area contributed by atoms with Gasteiger partial charge in [0.15, 0.2) is 0 Å². The Labute approximate surface area is 112 Å². The second kappa shape index (κ2) is 5.69. The van der Waals surface area contributed by atoms with E-state index in [9.17, 15) is 4.79 Å². The minimum atomic E-state index is -0.339. The molecule has 100 valence electrons. The number of esters is 1. The van der Waals surface area contributed by atoms with Gasteiger partial charge in [-0.1, -0.05) is 11.6 Å². The Morgan fingerprint density at radius 1 is 1.37 bits per heavy atom. The van der Waals surface area contributed by atoms with Gasteiger partial charge in [0.1, 0.15) is 5.56 Å². The molecular weight excluding hydrogens is 240 g/mol. The molecule has 2 aromatic rings. The minimum absolute atomic E-state index is 0.339. The Morgan fingerprint density at radius 2 is 2.16 bits per heavy atom. The molecular formula is C15H18N2O2. The lowest BCUT2D eigenvalue weighted by Crippen LogP contribution is -2.11. The minimum Gasteiger partial charge on any atom is -0.462 e. The van der Waals surface area contributed by atoms with Crippen LogP contribution in [0.1, 0.15) is 29.8 Å². The van der Waals surface area contributed by atoms with Crippen LogP contribution in [0.4, 0.5) is 5.69 Å². The van der Waals surface area contributed by atoms with Crippen molar-refractivity contribution in [2.75, 3.05) is 18.5 Å². The number of fused-ring (bicyclic) bond motifs is 1. The summed E-state index contributed by atoms with van der Waals surface area (Å²) in [5.41, 5.74) is 3.29. The second-order valence-electron chi connectivity index (χ2n) is 4.32. The predicted molar refractivity (Wildman–Crippen MR) is 76.6 cm³/mol. The SMILES string of the molecule is CCNc1c(C(=O)OCC)cnc2ccc(C)cc12. The molecule has 4 heteroatoms. The number of carbonyl (C=O) groups is 1. The zero-order valence-corrected chi connectivity index (χ0v) is 11.5. The quantitative estimate of drug-likeness (QED) is 0.856. The van der Waals surface area contributed by atoms with Gasteiger partial charge >= 0.3 is 5.97 Å². The van der Waals surface area contributed by atoms with Crippen molar-refractivity contribution in [3.05, 3.63) is 35.5 Å². The molecule has 0 unspecified atom stereocenters. The van der Waals surface area contributed by atoms with E-state index in [1.807, 2.05) is 32.0 Å². The summed E-state index contributed by atoms with van der Waals surface area (Å²) < 4.78 is 5.08. The highest BCUT2D eigenvalue weighted by Crippen LogP contribution is 2.27. The van der Waals surface area contributed by atoms with Crippen LogP contribution in [0.15, 0.2) is 24.4 Å². The van der Waals surface area contributed by atoms with Gasteiger partial charge in [0, 0.05) is 18.1 Å². The van der Waals surface area contributed by atoms with Crippen molar-refractivity contribution in [1.29, 1.82) is 0 Å². The molecule has 0 saturated heterocycles. The third-order valence-electron chi connectivity index (χ3n) is 2.87. The zero-order valence-electron chi connectivity index (χ0n) is 11.5. The van der Waals surface area contributed by atoms with E-state index in [1.165, 1.54) is 0 Å².